The molecule has 0 aliphatic rings. The summed E-state index contributed by atoms with van der Waals surface area (Å²) in [4.78, 5) is 4.32. The number of nitrogens with zero attached hydrogens (tertiary/aromatic N) is 1. The van der Waals surface area contributed by atoms with Gasteiger partial charge in [0.15, 0.2) is 0 Å². The Kier molecular flexibility index (Phi) is 4.85. The maximum atomic E-state index is 5.67. The third-order valence-corrected chi connectivity index (χ3v) is 3.49. The quantitative estimate of drug-likeness (QED) is 0.618. The van der Waals surface area contributed by atoms with Gasteiger partial charge in [-0.25, -0.2) is 0 Å². The van der Waals surface area contributed by atoms with Gasteiger partial charge in [0.2, 0.25) is 0 Å². The van der Waals surface area contributed by atoms with Crippen LogP contribution in [-0.4, -0.2) is 18.2 Å². The average molecular weight is 259 g/mol. The number of fused-ring (bicyclic) bond motifs is 1. The second-order valence-electron chi connectivity index (χ2n) is 4.80. The molecule has 4 nitrogen and oxygen atoms in total. The predicted molar refractivity (Wildman–Crippen MR) is 77.5 cm³/mol. The van der Waals surface area contributed by atoms with Gasteiger partial charge in [0.1, 0.15) is 0 Å². The molecule has 0 amide bonds. The fourth-order valence-corrected chi connectivity index (χ4v) is 2.18. The molecule has 0 saturated heterocycles. The largest absolute Gasteiger partial charge is 0.382 e. The maximum Gasteiger partial charge on any atom is 0.0702 e. The van der Waals surface area contributed by atoms with Crippen molar-refractivity contribution < 1.29 is 4.74 Å². The molecule has 0 bridgehead atoms. The lowest BCUT2D eigenvalue weighted by Gasteiger charge is -2.18. The van der Waals surface area contributed by atoms with E-state index in [1.807, 2.05) is 12.1 Å². The normalized spacial score (nSPS) is 14.5. The van der Waals surface area contributed by atoms with Crippen LogP contribution in [0.2, 0.25) is 0 Å². The van der Waals surface area contributed by atoms with Crippen molar-refractivity contribution in [2.24, 2.45) is 5.84 Å². The number of nitrogens with one attached hydrogen (secondary N) is 1. The van der Waals surface area contributed by atoms with Gasteiger partial charge in [-0.3, -0.25) is 16.3 Å². The molecule has 2 atom stereocenters. The number of rotatable bonds is 6. The summed E-state index contributed by atoms with van der Waals surface area (Å²) in [6.07, 6.45) is 3.97. The predicted octanol–water partition coefficient (Wildman–Crippen LogP) is 2.55. The zero-order chi connectivity index (χ0) is 13.7. The summed E-state index contributed by atoms with van der Waals surface area (Å²) in [7, 11) is 1.73. The van der Waals surface area contributed by atoms with Crippen molar-refractivity contribution in [1.82, 2.24) is 10.4 Å². The lowest BCUT2D eigenvalue weighted by Crippen LogP contribution is -2.28. The molecule has 1 aromatic heterocycles. The smallest absolute Gasteiger partial charge is 0.0702 e. The molecular formula is C15H21N3O. The van der Waals surface area contributed by atoms with Crippen LogP contribution >= 0.6 is 0 Å². The number of ether oxygens (including phenoxy) is 1. The monoisotopic (exact) mass is 259 g/mol. The van der Waals surface area contributed by atoms with Crippen LogP contribution in [0.3, 0.4) is 0 Å². The minimum atomic E-state index is 0.141. The first-order valence-electron chi connectivity index (χ1n) is 6.58. The van der Waals surface area contributed by atoms with Gasteiger partial charge in [0.25, 0.3) is 0 Å². The van der Waals surface area contributed by atoms with Gasteiger partial charge in [-0.1, -0.05) is 12.1 Å². The third kappa shape index (κ3) is 3.50. The zero-order valence-electron chi connectivity index (χ0n) is 11.5. The van der Waals surface area contributed by atoms with Gasteiger partial charge < -0.3 is 4.74 Å². The summed E-state index contributed by atoms with van der Waals surface area (Å²) >= 11 is 0. The van der Waals surface area contributed by atoms with E-state index in [0.29, 0.717) is 0 Å². The Morgan fingerprint density at radius 3 is 2.89 bits per heavy atom. The molecule has 0 saturated carbocycles. The van der Waals surface area contributed by atoms with Crippen LogP contribution in [0.1, 0.15) is 31.4 Å². The van der Waals surface area contributed by atoms with Crippen LogP contribution in [0.15, 0.2) is 36.5 Å². The molecule has 0 aliphatic heterocycles. The van der Waals surface area contributed by atoms with Gasteiger partial charge in [0.05, 0.1) is 11.6 Å². The van der Waals surface area contributed by atoms with E-state index in [0.717, 1.165) is 23.7 Å². The molecule has 4 heteroatoms. The molecule has 102 valence electrons. The summed E-state index contributed by atoms with van der Waals surface area (Å²) in [5.74, 6) is 5.67. The van der Waals surface area contributed by atoms with Crippen molar-refractivity contribution in [3.05, 3.63) is 42.1 Å². The zero-order valence-corrected chi connectivity index (χ0v) is 11.5. The van der Waals surface area contributed by atoms with E-state index in [4.69, 9.17) is 10.6 Å². The first-order chi connectivity index (χ1) is 9.24. The van der Waals surface area contributed by atoms with Crippen molar-refractivity contribution >= 4 is 10.9 Å². The lowest BCUT2D eigenvalue weighted by molar-refractivity contribution is 0.106. The highest BCUT2D eigenvalue weighted by Crippen LogP contribution is 2.22. The Bertz CT molecular complexity index is 530. The average Bonchev–Trinajstić information content (AvgIpc) is 2.47. The van der Waals surface area contributed by atoms with E-state index in [1.165, 1.54) is 5.56 Å². The molecule has 1 heterocycles. The second kappa shape index (κ2) is 6.61. The van der Waals surface area contributed by atoms with E-state index < -0.39 is 0 Å². The Labute approximate surface area is 113 Å². The fourth-order valence-electron chi connectivity index (χ4n) is 2.18. The topological polar surface area (TPSA) is 60.2 Å². The Morgan fingerprint density at radius 2 is 2.16 bits per heavy atom. The summed E-state index contributed by atoms with van der Waals surface area (Å²) in [5.41, 5.74) is 5.08. The molecule has 0 aliphatic carbocycles. The van der Waals surface area contributed by atoms with Crippen molar-refractivity contribution in [3.63, 3.8) is 0 Å². The lowest BCUT2D eigenvalue weighted by atomic mass is 9.99. The Hall–Kier alpha value is -1.49. The van der Waals surface area contributed by atoms with Gasteiger partial charge in [-0.2, -0.15) is 0 Å². The Morgan fingerprint density at radius 1 is 1.32 bits per heavy atom. The Balaban J connectivity index is 2.15. The summed E-state index contributed by atoms with van der Waals surface area (Å²) in [5, 5.41) is 1.14. The summed E-state index contributed by atoms with van der Waals surface area (Å²) in [6.45, 7) is 2.07. The minimum Gasteiger partial charge on any atom is -0.382 e. The van der Waals surface area contributed by atoms with Crippen molar-refractivity contribution in [3.8, 4) is 0 Å². The number of hydrazine groups is 1. The highest BCUT2D eigenvalue weighted by Gasteiger charge is 2.12. The van der Waals surface area contributed by atoms with Crippen molar-refractivity contribution in [1.29, 1.82) is 0 Å². The van der Waals surface area contributed by atoms with Gasteiger partial charge in [-0.15, -0.1) is 0 Å². The first kappa shape index (κ1) is 13.9. The van der Waals surface area contributed by atoms with Gasteiger partial charge in [-0.05, 0) is 43.5 Å². The number of aromatic nitrogens is 1. The van der Waals surface area contributed by atoms with E-state index in [1.54, 1.807) is 13.3 Å². The molecule has 2 unspecified atom stereocenters. The molecule has 1 aromatic carbocycles. The number of benzene rings is 1. The first-order valence-corrected chi connectivity index (χ1v) is 6.58. The summed E-state index contributed by atoms with van der Waals surface area (Å²) in [6, 6.07) is 10.4. The molecule has 2 aromatic rings. The van der Waals surface area contributed by atoms with Crippen LogP contribution in [0.25, 0.3) is 10.9 Å². The number of methoxy groups -OCH3 is 1. The second-order valence-corrected chi connectivity index (χ2v) is 4.80. The SMILES string of the molecule is COC(C)CCC(NN)c1ccc2ncccc2c1. The molecule has 0 radical (unpaired) electrons. The molecule has 3 N–H and O–H groups in total. The van der Waals surface area contributed by atoms with Crippen LogP contribution in [-0.2, 0) is 4.74 Å². The molecule has 0 spiro atoms. The molecular weight excluding hydrogens is 238 g/mol. The molecule has 2 rings (SSSR count). The number of pyridine rings is 1. The fraction of sp³-hybridized carbons (Fsp3) is 0.400. The van der Waals surface area contributed by atoms with Crippen LogP contribution in [0, 0.1) is 0 Å². The number of nitrogens with two attached hydrogens (primary N) is 1. The minimum absolute atomic E-state index is 0.141. The highest BCUT2D eigenvalue weighted by molar-refractivity contribution is 5.79. The summed E-state index contributed by atoms with van der Waals surface area (Å²) < 4.78 is 5.27. The van der Waals surface area contributed by atoms with Crippen LogP contribution in [0.5, 0.6) is 0 Å². The van der Waals surface area contributed by atoms with Crippen molar-refractivity contribution in [2.45, 2.75) is 31.9 Å². The van der Waals surface area contributed by atoms with E-state index in [-0.39, 0.29) is 12.1 Å². The van der Waals surface area contributed by atoms with Gasteiger partial charge >= 0.3 is 0 Å². The third-order valence-electron chi connectivity index (χ3n) is 3.49. The standard InChI is InChI=1S/C15H21N3O/c1-11(19-2)5-7-15(18-16)13-6-8-14-12(10-13)4-3-9-17-14/h3-4,6,8-11,15,18H,5,7,16H2,1-2H3. The molecule has 19 heavy (non-hydrogen) atoms. The van der Waals surface area contributed by atoms with Crippen LogP contribution in [0.4, 0.5) is 0 Å². The van der Waals surface area contributed by atoms with Crippen molar-refractivity contribution in [2.75, 3.05) is 7.11 Å². The maximum absolute atomic E-state index is 5.67. The number of hydrogen-bond donors (Lipinski definition) is 2. The number of hydrogen-bond acceptors (Lipinski definition) is 4. The van der Waals surface area contributed by atoms with E-state index in [9.17, 15) is 0 Å². The van der Waals surface area contributed by atoms with E-state index in [2.05, 4.69) is 35.5 Å². The highest BCUT2D eigenvalue weighted by atomic mass is 16.5. The van der Waals surface area contributed by atoms with E-state index >= 15 is 0 Å². The molecule has 0 fully saturated rings. The van der Waals surface area contributed by atoms with Crippen LogP contribution < -0.4 is 11.3 Å². The van der Waals surface area contributed by atoms with Gasteiger partial charge in [0, 0.05) is 24.7 Å².